The molecule has 1 aliphatic carbocycles. The molecule has 0 amide bonds. The van der Waals surface area contributed by atoms with Gasteiger partial charge in [-0.3, -0.25) is 0 Å². The highest BCUT2D eigenvalue weighted by molar-refractivity contribution is 9.10. The maximum Gasteiger partial charge on any atom is 0.169 e. The van der Waals surface area contributed by atoms with Gasteiger partial charge < -0.3 is 5.32 Å². The first-order valence-electron chi connectivity index (χ1n) is 5.60. The first kappa shape index (κ1) is 11.3. The van der Waals surface area contributed by atoms with Crippen molar-refractivity contribution in [2.75, 3.05) is 0 Å². The van der Waals surface area contributed by atoms with E-state index in [1.807, 2.05) is 23.8 Å². The second-order valence-corrected chi connectivity index (χ2v) is 6.03. The third kappa shape index (κ3) is 2.91. The molecule has 0 radical (unpaired) electrons. The van der Waals surface area contributed by atoms with E-state index in [1.54, 1.807) is 11.3 Å². The Morgan fingerprint density at radius 3 is 2.71 bits per heavy atom. The smallest absolute Gasteiger partial charge is 0.169 e. The molecule has 0 aromatic carbocycles. The summed E-state index contributed by atoms with van der Waals surface area (Å²) in [6.07, 6.45) is 6.43. The minimum absolute atomic E-state index is 0.725. The Bertz CT molecular complexity index is 505. The summed E-state index contributed by atoms with van der Waals surface area (Å²) in [5.74, 6) is 0.802. The van der Waals surface area contributed by atoms with Gasteiger partial charge in [-0.2, -0.15) is 0 Å². The van der Waals surface area contributed by atoms with Crippen LogP contribution in [-0.2, 0) is 6.54 Å². The van der Waals surface area contributed by atoms with Crippen molar-refractivity contribution in [3.05, 3.63) is 33.9 Å². The minimum Gasteiger partial charge on any atom is -0.310 e. The number of hydrogen-bond acceptors (Lipinski definition) is 4. The van der Waals surface area contributed by atoms with Crippen molar-refractivity contribution in [2.24, 2.45) is 0 Å². The Morgan fingerprint density at radius 1 is 1.35 bits per heavy atom. The first-order chi connectivity index (χ1) is 8.31. The highest BCUT2D eigenvalue weighted by Crippen LogP contribution is 2.27. The predicted molar refractivity (Wildman–Crippen MR) is 72.9 cm³/mol. The van der Waals surface area contributed by atoms with Gasteiger partial charge in [-0.15, -0.1) is 11.3 Å². The third-order valence-electron chi connectivity index (χ3n) is 2.67. The lowest BCUT2D eigenvalue weighted by molar-refractivity contribution is 0.684. The summed E-state index contributed by atoms with van der Waals surface area (Å²) in [7, 11) is 0. The molecule has 5 heteroatoms. The van der Waals surface area contributed by atoms with Gasteiger partial charge in [0.25, 0.3) is 0 Å². The van der Waals surface area contributed by atoms with Crippen LogP contribution in [0.4, 0.5) is 0 Å². The van der Waals surface area contributed by atoms with E-state index >= 15 is 0 Å². The molecule has 1 aliphatic rings. The molecule has 0 bridgehead atoms. The van der Waals surface area contributed by atoms with Crippen LogP contribution in [0.3, 0.4) is 0 Å². The van der Waals surface area contributed by atoms with E-state index in [0.717, 1.165) is 33.3 Å². The average Bonchev–Trinajstić information content (AvgIpc) is 3.09. The van der Waals surface area contributed by atoms with Gasteiger partial charge >= 0.3 is 0 Å². The molecule has 88 valence electrons. The maximum absolute atomic E-state index is 4.40. The SMILES string of the molecule is Brc1csc(-c2ncc(CNC3CC3)cn2)c1. The molecule has 2 aromatic rings. The number of nitrogens with one attached hydrogen (secondary N) is 1. The normalized spacial score (nSPS) is 15.1. The lowest BCUT2D eigenvalue weighted by atomic mass is 10.3. The minimum atomic E-state index is 0.725. The van der Waals surface area contributed by atoms with E-state index in [2.05, 4.69) is 31.2 Å². The Hall–Kier alpha value is -0.780. The standard InChI is InChI=1S/C12H12BrN3S/c13-9-3-11(17-7-9)12-15-5-8(6-16-12)4-14-10-1-2-10/h3,5-7,10,14H,1-2,4H2. The molecule has 1 N–H and O–H groups in total. The van der Waals surface area contributed by atoms with Crippen molar-refractivity contribution in [1.82, 2.24) is 15.3 Å². The van der Waals surface area contributed by atoms with Crippen molar-refractivity contribution < 1.29 is 0 Å². The van der Waals surface area contributed by atoms with E-state index in [-0.39, 0.29) is 0 Å². The van der Waals surface area contributed by atoms with Crippen LogP contribution >= 0.6 is 27.3 Å². The maximum atomic E-state index is 4.40. The summed E-state index contributed by atoms with van der Waals surface area (Å²) < 4.78 is 1.08. The lowest BCUT2D eigenvalue weighted by Crippen LogP contribution is -2.15. The van der Waals surface area contributed by atoms with Crippen LogP contribution in [0, 0.1) is 0 Å². The van der Waals surface area contributed by atoms with Gasteiger partial charge in [0.2, 0.25) is 0 Å². The number of thiophene rings is 1. The molecule has 0 unspecified atom stereocenters. The number of nitrogens with zero attached hydrogens (tertiary/aromatic N) is 2. The largest absolute Gasteiger partial charge is 0.310 e. The quantitative estimate of drug-likeness (QED) is 0.942. The Kier molecular flexibility index (Phi) is 3.22. The molecule has 3 nitrogen and oxygen atoms in total. The molecule has 0 aliphatic heterocycles. The molecule has 17 heavy (non-hydrogen) atoms. The van der Waals surface area contributed by atoms with Crippen LogP contribution in [0.25, 0.3) is 10.7 Å². The molecule has 0 spiro atoms. The zero-order chi connectivity index (χ0) is 11.7. The van der Waals surface area contributed by atoms with E-state index in [4.69, 9.17) is 0 Å². The van der Waals surface area contributed by atoms with E-state index in [9.17, 15) is 0 Å². The Labute approximate surface area is 112 Å². The van der Waals surface area contributed by atoms with Gasteiger partial charge in [0, 0.05) is 40.4 Å². The number of rotatable bonds is 4. The van der Waals surface area contributed by atoms with Gasteiger partial charge in [-0.05, 0) is 34.8 Å². The molecular weight excluding hydrogens is 298 g/mol. The lowest BCUT2D eigenvalue weighted by Gasteiger charge is -2.02. The highest BCUT2D eigenvalue weighted by atomic mass is 79.9. The van der Waals surface area contributed by atoms with Crippen molar-refractivity contribution >= 4 is 27.3 Å². The number of aromatic nitrogens is 2. The molecule has 0 saturated heterocycles. The summed E-state index contributed by atoms with van der Waals surface area (Å²) in [6, 6.07) is 2.77. The third-order valence-corrected chi connectivity index (χ3v) is 4.35. The summed E-state index contributed by atoms with van der Waals surface area (Å²) in [6.45, 7) is 0.874. The van der Waals surface area contributed by atoms with Crippen LogP contribution in [0.1, 0.15) is 18.4 Å². The fourth-order valence-electron chi connectivity index (χ4n) is 1.55. The summed E-state index contributed by atoms with van der Waals surface area (Å²) in [4.78, 5) is 9.89. The topological polar surface area (TPSA) is 37.8 Å². The summed E-state index contributed by atoms with van der Waals surface area (Å²) in [5.41, 5.74) is 1.15. The van der Waals surface area contributed by atoms with E-state index in [1.165, 1.54) is 12.8 Å². The molecule has 3 rings (SSSR count). The molecule has 2 aromatic heterocycles. The van der Waals surface area contributed by atoms with Crippen LogP contribution in [0.15, 0.2) is 28.3 Å². The van der Waals surface area contributed by atoms with Gasteiger partial charge in [0.05, 0.1) is 4.88 Å². The second kappa shape index (κ2) is 4.84. The molecule has 1 fully saturated rings. The molecule has 2 heterocycles. The van der Waals surface area contributed by atoms with Gasteiger partial charge in [0.15, 0.2) is 5.82 Å². The fraction of sp³-hybridized carbons (Fsp3) is 0.333. The monoisotopic (exact) mass is 309 g/mol. The van der Waals surface area contributed by atoms with Crippen molar-refractivity contribution in [3.63, 3.8) is 0 Å². The number of hydrogen-bond donors (Lipinski definition) is 1. The predicted octanol–water partition coefficient (Wildman–Crippen LogP) is 3.22. The van der Waals surface area contributed by atoms with Gasteiger partial charge in [-0.1, -0.05) is 0 Å². The van der Waals surface area contributed by atoms with E-state index in [0.29, 0.717) is 0 Å². The van der Waals surface area contributed by atoms with E-state index < -0.39 is 0 Å². The van der Waals surface area contributed by atoms with Crippen LogP contribution < -0.4 is 5.32 Å². The zero-order valence-electron chi connectivity index (χ0n) is 9.19. The second-order valence-electron chi connectivity index (χ2n) is 4.20. The fourth-order valence-corrected chi connectivity index (χ4v) is 2.93. The number of halogens is 1. The summed E-state index contributed by atoms with van der Waals surface area (Å²) in [5, 5.41) is 5.49. The molecule has 0 atom stereocenters. The highest BCUT2D eigenvalue weighted by Gasteiger charge is 2.19. The van der Waals surface area contributed by atoms with Crippen molar-refractivity contribution in [3.8, 4) is 10.7 Å². The molecular formula is C12H12BrN3S. The zero-order valence-corrected chi connectivity index (χ0v) is 11.6. The van der Waals surface area contributed by atoms with Crippen LogP contribution in [0.2, 0.25) is 0 Å². The average molecular weight is 310 g/mol. The molecule has 1 saturated carbocycles. The Morgan fingerprint density at radius 2 is 2.12 bits per heavy atom. The van der Waals surface area contributed by atoms with Crippen molar-refractivity contribution in [2.45, 2.75) is 25.4 Å². The van der Waals surface area contributed by atoms with Crippen molar-refractivity contribution in [1.29, 1.82) is 0 Å². The van der Waals surface area contributed by atoms with Gasteiger partial charge in [0.1, 0.15) is 0 Å². The van der Waals surface area contributed by atoms with Crippen LogP contribution in [-0.4, -0.2) is 16.0 Å². The summed E-state index contributed by atoms with van der Waals surface area (Å²) >= 11 is 5.09. The van der Waals surface area contributed by atoms with Gasteiger partial charge in [-0.25, -0.2) is 9.97 Å². The van der Waals surface area contributed by atoms with Crippen LogP contribution in [0.5, 0.6) is 0 Å². The first-order valence-corrected chi connectivity index (χ1v) is 7.27. The Balaban J connectivity index is 1.70.